The molecular formula is C7H15O2S. The SMILES string of the molecule is CCCCS(=O)(=O)[C](C)C. The van der Waals surface area contributed by atoms with Gasteiger partial charge in [0.2, 0.25) is 0 Å². The summed E-state index contributed by atoms with van der Waals surface area (Å²) in [5, 5.41) is 0.529. The molecule has 10 heavy (non-hydrogen) atoms. The van der Waals surface area contributed by atoms with Crippen molar-refractivity contribution in [3.8, 4) is 0 Å². The van der Waals surface area contributed by atoms with Crippen molar-refractivity contribution in [1.82, 2.24) is 0 Å². The van der Waals surface area contributed by atoms with Gasteiger partial charge in [0.15, 0.2) is 9.84 Å². The molecule has 0 rings (SSSR count). The van der Waals surface area contributed by atoms with Gasteiger partial charge in [-0.05, 0) is 20.3 Å². The van der Waals surface area contributed by atoms with Crippen LogP contribution < -0.4 is 0 Å². The summed E-state index contributed by atoms with van der Waals surface area (Å²) < 4.78 is 22.1. The van der Waals surface area contributed by atoms with Gasteiger partial charge >= 0.3 is 0 Å². The summed E-state index contributed by atoms with van der Waals surface area (Å²) >= 11 is 0. The third-order valence-corrected chi connectivity index (χ3v) is 3.46. The minimum absolute atomic E-state index is 0.311. The highest BCUT2D eigenvalue weighted by Gasteiger charge is 2.14. The third-order valence-electron chi connectivity index (χ3n) is 1.39. The van der Waals surface area contributed by atoms with Gasteiger partial charge < -0.3 is 0 Å². The molecular weight excluding hydrogens is 148 g/mol. The molecule has 1 radical (unpaired) electrons. The second-order valence-electron chi connectivity index (χ2n) is 2.58. The van der Waals surface area contributed by atoms with Crippen molar-refractivity contribution in [2.75, 3.05) is 5.75 Å². The molecule has 0 fully saturated rings. The Morgan fingerprint density at radius 2 is 1.80 bits per heavy atom. The minimum Gasteiger partial charge on any atom is -0.228 e. The molecule has 0 amide bonds. The van der Waals surface area contributed by atoms with Gasteiger partial charge in [-0.15, -0.1) is 0 Å². The lowest BCUT2D eigenvalue weighted by Crippen LogP contribution is -2.10. The summed E-state index contributed by atoms with van der Waals surface area (Å²) in [5.41, 5.74) is 0. The van der Waals surface area contributed by atoms with E-state index in [1.165, 1.54) is 0 Å². The smallest absolute Gasteiger partial charge is 0.156 e. The van der Waals surface area contributed by atoms with Crippen molar-refractivity contribution in [2.24, 2.45) is 0 Å². The van der Waals surface area contributed by atoms with Crippen LogP contribution in [0.5, 0.6) is 0 Å². The van der Waals surface area contributed by atoms with Crippen LogP contribution in [0.4, 0.5) is 0 Å². The Morgan fingerprint density at radius 3 is 2.10 bits per heavy atom. The first kappa shape index (κ1) is 9.95. The number of hydrogen-bond acceptors (Lipinski definition) is 2. The molecule has 0 saturated heterocycles. The Bertz CT molecular complexity index is 168. The van der Waals surface area contributed by atoms with Crippen molar-refractivity contribution < 1.29 is 8.42 Å². The lowest BCUT2D eigenvalue weighted by atomic mass is 10.4. The first-order chi connectivity index (χ1) is 4.50. The average molecular weight is 163 g/mol. The Hall–Kier alpha value is -0.0500. The number of unbranched alkanes of at least 4 members (excludes halogenated alkanes) is 1. The first-order valence-electron chi connectivity index (χ1n) is 3.53. The van der Waals surface area contributed by atoms with E-state index in [0.717, 1.165) is 12.8 Å². The van der Waals surface area contributed by atoms with Crippen molar-refractivity contribution in [3.63, 3.8) is 0 Å². The molecule has 3 heteroatoms. The largest absolute Gasteiger partial charge is 0.228 e. The van der Waals surface area contributed by atoms with Crippen LogP contribution in [0.15, 0.2) is 0 Å². The van der Waals surface area contributed by atoms with Crippen LogP contribution in [0.2, 0.25) is 0 Å². The second-order valence-corrected chi connectivity index (χ2v) is 5.03. The van der Waals surface area contributed by atoms with E-state index in [2.05, 4.69) is 0 Å². The molecule has 0 aromatic rings. The van der Waals surface area contributed by atoms with Gasteiger partial charge in [-0.2, -0.15) is 0 Å². The molecule has 0 spiro atoms. The molecule has 0 bridgehead atoms. The standard InChI is InChI=1S/C7H15O2S/c1-4-5-6-10(8,9)7(2)3/h4-6H2,1-3H3. The van der Waals surface area contributed by atoms with Crippen molar-refractivity contribution >= 4 is 9.84 Å². The molecule has 0 unspecified atom stereocenters. The summed E-state index contributed by atoms with van der Waals surface area (Å²) in [4.78, 5) is 0. The van der Waals surface area contributed by atoms with Gasteiger partial charge in [0.05, 0.1) is 11.0 Å². The zero-order chi connectivity index (χ0) is 8.20. The van der Waals surface area contributed by atoms with E-state index in [-0.39, 0.29) is 0 Å². The quantitative estimate of drug-likeness (QED) is 0.633. The van der Waals surface area contributed by atoms with Crippen LogP contribution in [0, 0.1) is 5.25 Å². The van der Waals surface area contributed by atoms with Gasteiger partial charge in [-0.25, -0.2) is 8.42 Å². The van der Waals surface area contributed by atoms with E-state index in [4.69, 9.17) is 0 Å². The average Bonchev–Trinajstić information content (AvgIpc) is 1.84. The molecule has 0 aliphatic rings. The van der Waals surface area contributed by atoms with Crippen LogP contribution in [-0.4, -0.2) is 14.2 Å². The van der Waals surface area contributed by atoms with Crippen LogP contribution in [0.1, 0.15) is 33.6 Å². The lowest BCUT2D eigenvalue weighted by molar-refractivity contribution is 0.593. The maximum absolute atomic E-state index is 11.1. The fraction of sp³-hybridized carbons (Fsp3) is 0.857. The highest BCUT2D eigenvalue weighted by Crippen LogP contribution is 2.10. The number of sulfone groups is 1. The van der Waals surface area contributed by atoms with Gasteiger partial charge in [0.25, 0.3) is 0 Å². The zero-order valence-corrected chi connectivity index (χ0v) is 7.66. The van der Waals surface area contributed by atoms with E-state index >= 15 is 0 Å². The fourth-order valence-corrected chi connectivity index (χ4v) is 1.62. The van der Waals surface area contributed by atoms with Gasteiger partial charge in [0.1, 0.15) is 0 Å². The molecule has 0 aliphatic heterocycles. The third kappa shape index (κ3) is 3.20. The summed E-state index contributed by atoms with van der Waals surface area (Å²) in [7, 11) is -2.84. The zero-order valence-electron chi connectivity index (χ0n) is 6.85. The summed E-state index contributed by atoms with van der Waals surface area (Å²) in [6.07, 6.45) is 1.71. The van der Waals surface area contributed by atoms with E-state index < -0.39 is 9.84 Å². The topological polar surface area (TPSA) is 34.1 Å². The van der Waals surface area contributed by atoms with Crippen molar-refractivity contribution in [2.45, 2.75) is 33.6 Å². The van der Waals surface area contributed by atoms with E-state index in [1.807, 2.05) is 6.92 Å². The molecule has 0 N–H and O–H groups in total. The monoisotopic (exact) mass is 163 g/mol. The van der Waals surface area contributed by atoms with Gasteiger partial charge in [0, 0.05) is 0 Å². The lowest BCUT2D eigenvalue weighted by Gasteiger charge is -2.04. The van der Waals surface area contributed by atoms with Gasteiger partial charge in [-0.3, -0.25) is 0 Å². The Labute approximate surface area is 63.6 Å². The van der Waals surface area contributed by atoms with E-state index in [1.54, 1.807) is 13.8 Å². The molecule has 0 aromatic carbocycles. The molecule has 0 aromatic heterocycles. The predicted molar refractivity (Wildman–Crippen MR) is 43.3 cm³/mol. The maximum atomic E-state index is 11.1. The van der Waals surface area contributed by atoms with Crippen LogP contribution in [0.3, 0.4) is 0 Å². The van der Waals surface area contributed by atoms with E-state index in [9.17, 15) is 8.42 Å². The Kier molecular flexibility index (Phi) is 3.94. The number of rotatable bonds is 4. The molecule has 0 atom stereocenters. The summed E-state index contributed by atoms with van der Waals surface area (Å²) in [5.74, 6) is 0.311. The number of hydrogen-bond donors (Lipinski definition) is 0. The maximum Gasteiger partial charge on any atom is 0.156 e. The first-order valence-corrected chi connectivity index (χ1v) is 5.19. The van der Waals surface area contributed by atoms with E-state index in [0.29, 0.717) is 11.0 Å². The summed E-state index contributed by atoms with van der Waals surface area (Å²) in [6, 6.07) is 0. The molecule has 0 saturated carbocycles. The molecule has 0 aliphatic carbocycles. The molecule has 0 heterocycles. The van der Waals surface area contributed by atoms with Crippen molar-refractivity contribution in [3.05, 3.63) is 5.25 Å². The second kappa shape index (κ2) is 3.96. The Morgan fingerprint density at radius 1 is 1.30 bits per heavy atom. The Balaban J connectivity index is 3.90. The highest BCUT2D eigenvalue weighted by molar-refractivity contribution is 7.94. The van der Waals surface area contributed by atoms with Crippen molar-refractivity contribution in [1.29, 1.82) is 0 Å². The van der Waals surface area contributed by atoms with Gasteiger partial charge in [-0.1, -0.05) is 13.3 Å². The predicted octanol–water partition coefficient (Wildman–Crippen LogP) is 1.77. The fourth-order valence-electron chi connectivity index (χ4n) is 0.538. The molecule has 61 valence electrons. The van der Waals surface area contributed by atoms with Crippen LogP contribution in [0.25, 0.3) is 0 Å². The minimum atomic E-state index is -2.84. The molecule has 2 nitrogen and oxygen atoms in total. The highest BCUT2D eigenvalue weighted by atomic mass is 32.2. The van der Waals surface area contributed by atoms with Crippen LogP contribution in [-0.2, 0) is 9.84 Å². The normalized spacial score (nSPS) is 12.4. The van der Waals surface area contributed by atoms with Crippen LogP contribution >= 0.6 is 0 Å². The summed E-state index contributed by atoms with van der Waals surface area (Å²) in [6.45, 7) is 5.27.